The van der Waals surface area contributed by atoms with Crippen LogP contribution in [0.3, 0.4) is 0 Å². The minimum absolute atomic E-state index is 0.443. The SMILES string of the molecule is CNC(=O)NC(=O)COC(=O)[C@H](C)Oc1ccc(Cl)cc1. The van der Waals surface area contributed by atoms with Crippen molar-refractivity contribution in [2.45, 2.75) is 13.0 Å². The number of nitrogens with one attached hydrogen (secondary N) is 2. The molecule has 2 N–H and O–H groups in total. The summed E-state index contributed by atoms with van der Waals surface area (Å²) >= 11 is 5.72. The van der Waals surface area contributed by atoms with E-state index in [0.717, 1.165) is 0 Å². The molecule has 0 fully saturated rings. The number of imide groups is 1. The zero-order chi connectivity index (χ0) is 15.8. The first kappa shape index (κ1) is 16.8. The molecule has 0 radical (unpaired) electrons. The molecule has 3 amide bonds. The van der Waals surface area contributed by atoms with Crippen molar-refractivity contribution in [1.82, 2.24) is 10.6 Å². The third-order valence-electron chi connectivity index (χ3n) is 2.28. The molecule has 0 aliphatic rings. The zero-order valence-corrected chi connectivity index (χ0v) is 12.3. The van der Waals surface area contributed by atoms with Gasteiger partial charge in [-0.05, 0) is 31.2 Å². The van der Waals surface area contributed by atoms with Crippen molar-refractivity contribution in [2.24, 2.45) is 0 Å². The highest BCUT2D eigenvalue weighted by molar-refractivity contribution is 6.30. The van der Waals surface area contributed by atoms with E-state index in [4.69, 9.17) is 21.1 Å². The van der Waals surface area contributed by atoms with Crippen molar-refractivity contribution < 1.29 is 23.9 Å². The molecule has 1 aromatic rings. The molecular formula is C13H15ClN2O5. The van der Waals surface area contributed by atoms with Gasteiger partial charge in [0.05, 0.1) is 0 Å². The highest BCUT2D eigenvalue weighted by Crippen LogP contribution is 2.16. The maximum absolute atomic E-state index is 11.6. The second-order valence-corrected chi connectivity index (χ2v) is 4.39. The van der Waals surface area contributed by atoms with Crippen LogP contribution in [0.25, 0.3) is 0 Å². The summed E-state index contributed by atoms with van der Waals surface area (Å²) in [5, 5.41) is 4.70. The Morgan fingerprint density at radius 2 is 1.86 bits per heavy atom. The molecule has 0 saturated carbocycles. The molecule has 7 nitrogen and oxygen atoms in total. The van der Waals surface area contributed by atoms with Crippen LogP contribution in [0.2, 0.25) is 5.02 Å². The van der Waals surface area contributed by atoms with Gasteiger partial charge in [-0.3, -0.25) is 10.1 Å². The van der Waals surface area contributed by atoms with Crippen molar-refractivity contribution in [2.75, 3.05) is 13.7 Å². The van der Waals surface area contributed by atoms with E-state index in [9.17, 15) is 14.4 Å². The number of esters is 1. The number of rotatable bonds is 5. The predicted molar refractivity (Wildman–Crippen MR) is 75.1 cm³/mol. The summed E-state index contributed by atoms with van der Waals surface area (Å²) in [5.74, 6) is -1.02. The van der Waals surface area contributed by atoms with Crippen LogP contribution in [0.15, 0.2) is 24.3 Å². The lowest BCUT2D eigenvalue weighted by atomic mass is 10.3. The van der Waals surface area contributed by atoms with E-state index in [2.05, 4.69) is 5.32 Å². The number of halogens is 1. The lowest BCUT2D eigenvalue weighted by Crippen LogP contribution is -2.40. The third kappa shape index (κ3) is 6.13. The molecule has 0 aromatic heterocycles. The van der Waals surface area contributed by atoms with Gasteiger partial charge in [0, 0.05) is 12.1 Å². The molecule has 0 heterocycles. The molecule has 0 saturated heterocycles. The normalized spacial score (nSPS) is 11.2. The minimum Gasteiger partial charge on any atom is -0.479 e. The summed E-state index contributed by atoms with van der Waals surface area (Å²) in [5.41, 5.74) is 0. The Bertz CT molecular complexity index is 518. The summed E-state index contributed by atoms with van der Waals surface area (Å²) in [7, 11) is 1.36. The maximum Gasteiger partial charge on any atom is 0.347 e. The number of ether oxygens (including phenoxy) is 2. The molecule has 1 atom stereocenters. The van der Waals surface area contributed by atoms with E-state index in [1.165, 1.54) is 14.0 Å². The smallest absolute Gasteiger partial charge is 0.347 e. The van der Waals surface area contributed by atoms with Crippen LogP contribution in [0, 0.1) is 0 Å². The highest BCUT2D eigenvalue weighted by Gasteiger charge is 2.18. The molecule has 0 bridgehead atoms. The lowest BCUT2D eigenvalue weighted by molar-refractivity contribution is -0.154. The molecule has 0 unspecified atom stereocenters. The number of urea groups is 1. The van der Waals surface area contributed by atoms with Gasteiger partial charge in [0.1, 0.15) is 5.75 Å². The van der Waals surface area contributed by atoms with E-state index in [1.54, 1.807) is 24.3 Å². The van der Waals surface area contributed by atoms with E-state index in [1.807, 2.05) is 5.32 Å². The van der Waals surface area contributed by atoms with E-state index >= 15 is 0 Å². The Kier molecular flexibility index (Phi) is 6.48. The van der Waals surface area contributed by atoms with E-state index in [-0.39, 0.29) is 0 Å². The van der Waals surface area contributed by atoms with Gasteiger partial charge in [0.25, 0.3) is 5.91 Å². The molecule has 21 heavy (non-hydrogen) atoms. The van der Waals surface area contributed by atoms with Crippen molar-refractivity contribution in [3.05, 3.63) is 29.3 Å². The Hall–Kier alpha value is -2.28. The van der Waals surface area contributed by atoms with Gasteiger partial charge in [0.15, 0.2) is 12.7 Å². The fraction of sp³-hybridized carbons (Fsp3) is 0.308. The summed E-state index contributed by atoms with van der Waals surface area (Å²) < 4.78 is 10.0. The number of carbonyl (C=O) groups is 3. The fourth-order valence-electron chi connectivity index (χ4n) is 1.24. The second kappa shape index (κ2) is 8.11. The Morgan fingerprint density at radius 1 is 1.24 bits per heavy atom. The summed E-state index contributed by atoms with van der Waals surface area (Å²) in [6.07, 6.45) is -0.904. The van der Waals surface area contributed by atoms with Crippen LogP contribution in [-0.2, 0) is 14.3 Å². The van der Waals surface area contributed by atoms with Crippen molar-refractivity contribution in [1.29, 1.82) is 0 Å². The van der Waals surface area contributed by atoms with Gasteiger partial charge < -0.3 is 14.8 Å². The molecule has 0 spiro atoms. The van der Waals surface area contributed by atoms with Gasteiger partial charge in [0.2, 0.25) is 0 Å². The Morgan fingerprint density at radius 3 is 2.43 bits per heavy atom. The molecular weight excluding hydrogens is 300 g/mol. The average Bonchev–Trinajstić information content (AvgIpc) is 2.46. The number of hydrogen-bond acceptors (Lipinski definition) is 5. The maximum atomic E-state index is 11.6. The van der Waals surface area contributed by atoms with Crippen LogP contribution >= 0.6 is 11.6 Å². The summed E-state index contributed by atoms with van der Waals surface area (Å²) in [6.45, 7) is 0.911. The van der Waals surface area contributed by atoms with Gasteiger partial charge in [-0.1, -0.05) is 11.6 Å². The quantitative estimate of drug-likeness (QED) is 0.794. The zero-order valence-electron chi connectivity index (χ0n) is 11.5. The molecule has 8 heteroatoms. The van der Waals surface area contributed by atoms with Gasteiger partial charge >= 0.3 is 12.0 Å². The van der Waals surface area contributed by atoms with Gasteiger partial charge in [-0.2, -0.15) is 0 Å². The van der Waals surface area contributed by atoms with Crippen molar-refractivity contribution in [3.8, 4) is 5.75 Å². The van der Waals surface area contributed by atoms with Crippen LogP contribution in [0.4, 0.5) is 4.79 Å². The largest absolute Gasteiger partial charge is 0.479 e. The molecule has 0 aliphatic carbocycles. The number of carbonyl (C=O) groups excluding carboxylic acids is 3. The molecule has 1 aromatic carbocycles. The molecule has 1 rings (SSSR count). The predicted octanol–water partition coefficient (Wildman–Crippen LogP) is 1.11. The average molecular weight is 315 g/mol. The lowest BCUT2D eigenvalue weighted by Gasteiger charge is -2.13. The van der Waals surface area contributed by atoms with Gasteiger partial charge in [-0.15, -0.1) is 0 Å². The Balaban J connectivity index is 2.39. The van der Waals surface area contributed by atoms with Crippen molar-refractivity contribution in [3.63, 3.8) is 0 Å². The monoisotopic (exact) mass is 314 g/mol. The van der Waals surface area contributed by atoms with E-state index < -0.39 is 30.6 Å². The van der Waals surface area contributed by atoms with Crippen LogP contribution < -0.4 is 15.4 Å². The minimum atomic E-state index is -0.904. The first-order valence-corrected chi connectivity index (χ1v) is 6.40. The first-order chi connectivity index (χ1) is 9.92. The van der Waals surface area contributed by atoms with Crippen LogP contribution in [0.5, 0.6) is 5.75 Å². The highest BCUT2D eigenvalue weighted by atomic mass is 35.5. The fourth-order valence-corrected chi connectivity index (χ4v) is 1.37. The van der Waals surface area contributed by atoms with E-state index in [0.29, 0.717) is 10.8 Å². The topological polar surface area (TPSA) is 93.7 Å². The molecule has 0 aliphatic heterocycles. The van der Waals surface area contributed by atoms with Gasteiger partial charge in [-0.25, -0.2) is 9.59 Å². The van der Waals surface area contributed by atoms with Crippen LogP contribution in [-0.4, -0.2) is 37.7 Å². The van der Waals surface area contributed by atoms with Crippen molar-refractivity contribution >= 4 is 29.5 Å². The van der Waals surface area contributed by atoms with Crippen LogP contribution in [0.1, 0.15) is 6.92 Å². The number of amides is 3. The second-order valence-electron chi connectivity index (χ2n) is 3.95. The molecule has 114 valence electrons. The first-order valence-electron chi connectivity index (χ1n) is 6.02. The third-order valence-corrected chi connectivity index (χ3v) is 2.54. The summed E-state index contributed by atoms with van der Waals surface area (Å²) in [4.78, 5) is 33.7. The number of hydrogen-bond donors (Lipinski definition) is 2. The summed E-state index contributed by atoms with van der Waals surface area (Å²) in [6, 6.07) is 5.76. The standard InChI is InChI=1S/C13H15ClN2O5/c1-8(21-10-5-3-9(14)4-6-10)12(18)20-7-11(17)16-13(19)15-2/h3-6,8H,7H2,1-2H3,(H2,15,16,17,19)/t8-/m0/s1. The Labute approximate surface area is 126 Å². The number of benzene rings is 1.